The average Bonchev–Trinajstić information content (AvgIpc) is 2.77. The molecule has 0 aliphatic carbocycles. The Morgan fingerprint density at radius 1 is 0.594 bits per heavy atom. The summed E-state index contributed by atoms with van der Waals surface area (Å²) in [6.07, 6.45) is 1.03. The highest BCUT2D eigenvalue weighted by Gasteiger charge is 2.19. The van der Waals surface area contributed by atoms with Gasteiger partial charge in [0.05, 0.1) is 0 Å². The van der Waals surface area contributed by atoms with Crippen LogP contribution in [0.1, 0.15) is 38.2 Å². The lowest BCUT2D eigenvalue weighted by molar-refractivity contribution is 0.103. The molecule has 0 radical (unpaired) electrons. The van der Waals surface area contributed by atoms with E-state index in [1.165, 1.54) is 12.1 Å². The Morgan fingerprint density at radius 2 is 0.969 bits per heavy atom. The first-order chi connectivity index (χ1) is 15.4. The van der Waals surface area contributed by atoms with Gasteiger partial charge >= 0.3 is 0 Å². The molecule has 0 spiro atoms. The molecule has 0 saturated carbocycles. The summed E-state index contributed by atoms with van der Waals surface area (Å²) >= 11 is 6.88. The summed E-state index contributed by atoms with van der Waals surface area (Å²) in [5.74, 6) is 0.105. The topological polar surface area (TPSA) is 57.5 Å². The molecule has 0 atom stereocenters. The molecule has 4 rings (SSSR count). The average molecular weight is 552 g/mol. The van der Waals surface area contributed by atoms with Gasteiger partial charge in [-0.3, -0.25) is 4.79 Å². The molecular formula is C27H20Br2O3. The fraction of sp³-hybridized carbons (Fsp3) is 0.0741. The Balaban J connectivity index is 1.71. The molecule has 4 aromatic carbocycles. The smallest absolute Gasteiger partial charge is 0.193 e. The van der Waals surface area contributed by atoms with Crippen molar-refractivity contribution in [2.24, 2.45) is 0 Å². The van der Waals surface area contributed by atoms with Crippen LogP contribution in [0.5, 0.6) is 11.5 Å². The number of rotatable bonds is 6. The van der Waals surface area contributed by atoms with Gasteiger partial charge in [-0.25, -0.2) is 0 Å². The van der Waals surface area contributed by atoms with Gasteiger partial charge in [0, 0.05) is 20.1 Å². The van der Waals surface area contributed by atoms with Gasteiger partial charge in [0.15, 0.2) is 5.78 Å². The molecule has 0 aliphatic rings. The SMILES string of the molecule is O=C(c1ccc(O)cc1Cc1ccc(Br)cc1)c1ccc(O)cc1Cc1ccc(Br)cc1. The normalized spacial score (nSPS) is 10.8. The highest BCUT2D eigenvalue weighted by Crippen LogP contribution is 2.27. The minimum atomic E-state index is -0.135. The number of carbonyl (C=O) groups is 1. The summed E-state index contributed by atoms with van der Waals surface area (Å²) in [6, 6.07) is 25.5. The van der Waals surface area contributed by atoms with E-state index in [1.54, 1.807) is 24.3 Å². The van der Waals surface area contributed by atoms with Crippen LogP contribution < -0.4 is 0 Å². The van der Waals surface area contributed by atoms with Gasteiger partial charge < -0.3 is 10.2 Å². The van der Waals surface area contributed by atoms with Crippen LogP contribution in [0.3, 0.4) is 0 Å². The lowest BCUT2D eigenvalue weighted by Gasteiger charge is -2.14. The molecule has 5 heteroatoms. The van der Waals surface area contributed by atoms with Gasteiger partial charge in [-0.2, -0.15) is 0 Å². The van der Waals surface area contributed by atoms with Gasteiger partial charge in [0.1, 0.15) is 11.5 Å². The molecule has 0 saturated heterocycles. The summed E-state index contributed by atoms with van der Waals surface area (Å²) in [4.78, 5) is 13.6. The van der Waals surface area contributed by atoms with Crippen molar-refractivity contribution in [2.75, 3.05) is 0 Å². The predicted octanol–water partition coefficient (Wildman–Crippen LogP) is 7.04. The molecular weight excluding hydrogens is 532 g/mol. The van der Waals surface area contributed by atoms with Crippen LogP contribution in [0.2, 0.25) is 0 Å². The summed E-state index contributed by atoms with van der Waals surface area (Å²) in [5.41, 5.74) is 4.64. The first kappa shape index (κ1) is 22.3. The zero-order chi connectivity index (χ0) is 22.7. The molecule has 32 heavy (non-hydrogen) atoms. The third kappa shape index (κ3) is 5.29. The van der Waals surface area contributed by atoms with Crippen molar-refractivity contribution in [1.29, 1.82) is 0 Å². The highest BCUT2D eigenvalue weighted by atomic mass is 79.9. The zero-order valence-electron chi connectivity index (χ0n) is 17.1. The van der Waals surface area contributed by atoms with Crippen LogP contribution in [-0.2, 0) is 12.8 Å². The van der Waals surface area contributed by atoms with Crippen molar-refractivity contribution < 1.29 is 15.0 Å². The first-order valence-corrected chi connectivity index (χ1v) is 11.6. The number of phenols is 2. The van der Waals surface area contributed by atoms with E-state index in [0.29, 0.717) is 24.0 Å². The van der Waals surface area contributed by atoms with Crippen molar-refractivity contribution in [1.82, 2.24) is 0 Å². The van der Waals surface area contributed by atoms with Crippen molar-refractivity contribution in [3.05, 3.63) is 127 Å². The first-order valence-electron chi connectivity index (χ1n) is 10.1. The standard InChI is InChI=1S/C27H20Br2O3/c28-21-5-1-17(2-6-21)13-19-15-23(30)9-11-25(19)27(32)26-12-10-24(31)16-20(26)14-18-3-7-22(29)8-4-18/h1-12,15-16,30-31H,13-14H2. The fourth-order valence-electron chi connectivity index (χ4n) is 3.69. The Morgan fingerprint density at radius 3 is 1.34 bits per heavy atom. The van der Waals surface area contributed by atoms with Gasteiger partial charge in [-0.1, -0.05) is 56.1 Å². The Hall–Kier alpha value is -2.89. The van der Waals surface area contributed by atoms with Gasteiger partial charge in [0.2, 0.25) is 0 Å². The predicted molar refractivity (Wildman–Crippen MR) is 134 cm³/mol. The van der Waals surface area contributed by atoms with E-state index in [1.807, 2.05) is 48.5 Å². The molecule has 4 aromatic rings. The number of phenolic OH excluding ortho intramolecular Hbond substituents is 2. The number of benzene rings is 4. The molecule has 3 nitrogen and oxygen atoms in total. The van der Waals surface area contributed by atoms with E-state index in [4.69, 9.17) is 0 Å². The van der Waals surface area contributed by atoms with E-state index < -0.39 is 0 Å². The third-order valence-electron chi connectivity index (χ3n) is 5.28. The number of carbonyl (C=O) groups excluding carboxylic acids is 1. The van der Waals surface area contributed by atoms with Crippen LogP contribution >= 0.6 is 31.9 Å². The van der Waals surface area contributed by atoms with Gasteiger partial charge in [-0.05, 0) is 95.8 Å². The molecule has 0 aromatic heterocycles. The monoisotopic (exact) mass is 550 g/mol. The maximum absolute atomic E-state index is 13.6. The Kier molecular flexibility index (Phi) is 6.77. The molecule has 2 N–H and O–H groups in total. The van der Waals surface area contributed by atoms with Crippen LogP contribution in [0.15, 0.2) is 93.9 Å². The molecule has 160 valence electrons. The van der Waals surface area contributed by atoms with E-state index in [2.05, 4.69) is 31.9 Å². The number of halogens is 2. The van der Waals surface area contributed by atoms with E-state index in [-0.39, 0.29) is 17.3 Å². The summed E-state index contributed by atoms with van der Waals surface area (Å²) in [5, 5.41) is 20.1. The summed E-state index contributed by atoms with van der Waals surface area (Å²) < 4.78 is 1.96. The zero-order valence-corrected chi connectivity index (χ0v) is 20.2. The maximum atomic E-state index is 13.6. The molecule has 0 heterocycles. The van der Waals surface area contributed by atoms with Crippen molar-refractivity contribution in [3.63, 3.8) is 0 Å². The van der Waals surface area contributed by atoms with Gasteiger partial charge in [-0.15, -0.1) is 0 Å². The van der Waals surface area contributed by atoms with Gasteiger partial charge in [0.25, 0.3) is 0 Å². The van der Waals surface area contributed by atoms with E-state index >= 15 is 0 Å². The summed E-state index contributed by atoms with van der Waals surface area (Å²) in [6.45, 7) is 0. The number of hydrogen-bond donors (Lipinski definition) is 2. The maximum Gasteiger partial charge on any atom is 0.193 e. The van der Waals surface area contributed by atoms with Crippen LogP contribution in [0, 0.1) is 0 Å². The second-order valence-electron chi connectivity index (χ2n) is 7.62. The van der Waals surface area contributed by atoms with Crippen LogP contribution in [0.25, 0.3) is 0 Å². The Bertz CT molecular complexity index is 1160. The van der Waals surface area contributed by atoms with Crippen molar-refractivity contribution >= 4 is 37.6 Å². The Labute approximate surface area is 203 Å². The second kappa shape index (κ2) is 9.72. The molecule has 0 bridgehead atoms. The minimum absolute atomic E-state index is 0.120. The lowest BCUT2D eigenvalue weighted by Crippen LogP contribution is -2.09. The van der Waals surface area contributed by atoms with Crippen LogP contribution in [-0.4, -0.2) is 16.0 Å². The van der Waals surface area contributed by atoms with Crippen LogP contribution in [0.4, 0.5) is 0 Å². The third-order valence-corrected chi connectivity index (χ3v) is 6.34. The molecule has 0 aliphatic heterocycles. The number of hydrogen-bond acceptors (Lipinski definition) is 3. The van der Waals surface area contributed by atoms with Crippen molar-refractivity contribution in [2.45, 2.75) is 12.8 Å². The number of ketones is 1. The van der Waals surface area contributed by atoms with Crippen molar-refractivity contribution in [3.8, 4) is 11.5 Å². The van der Waals surface area contributed by atoms with E-state index in [0.717, 1.165) is 31.2 Å². The molecule has 0 fully saturated rings. The van der Waals surface area contributed by atoms with E-state index in [9.17, 15) is 15.0 Å². The quantitative estimate of drug-likeness (QED) is 0.253. The molecule has 0 amide bonds. The fourth-order valence-corrected chi connectivity index (χ4v) is 4.21. The largest absolute Gasteiger partial charge is 0.508 e. The molecule has 0 unspecified atom stereocenters. The summed E-state index contributed by atoms with van der Waals surface area (Å²) in [7, 11) is 0. The lowest BCUT2D eigenvalue weighted by atomic mass is 9.90. The highest BCUT2D eigenvalue weighted by molar-refractivity contribution is 9.10. The second-order valence-corrected chi connectivity index (χ2v) is 9.45. The minimum Gasteiger partial charge on any atom is -0.508 e. The number of aromatic hydroxyl groups is 2.